The number of aldehydes is 1. The molecule has 0 saturated heterocycles. The number of carbonyl (C=O) groups is 1. The van der Waals surface area contributed by atoms with E-state index in [4.69, 9.17) is 23.7 Å². The minimum Gasteiger partial charge on any atom is -0.495 e. The van der Waals surface area contributed by atoms with E-state index in [-0.39, 0.29) is 6.61 Å². The van der Waals surface area contributed by atoms with E-state index in [1.807, 2.05) is 12.1 Å². The van der Waals surface area contributed by atoms with Crippen LogP contribution in [0.4, 0.5) is 0 Å². The quantitative estimate of drug-likeness (QED) is 0.219. The molecule has 6 nitrogen and oxygen atoms in total. The van der Waals surface area contributed by atoms with E-state index in [1.165, 1.54) is 0 Å². The Kier molecular flexibility index (Phi) is 9.27. The molecular weight excluding hydrogens is 636 g/mol. The Bertz CT molecular complexity index is 1180. The van der Waals surface area contributed by atoms with Gasteiger partial charge in [0.15, 0.2) is 17.2 Å². The van der Waals surface area contributed by atoms with Crippen LogP contribution in [0.3, 0.4) is 0 Å². The average molecular weight is 659 g/mol. The average Bonchev–Trinajstić information content (AvgIpc) is 2.84. The highest BCUT2D eigenvalue weighted by Crippen LogP contribution is 2.46. The zero-order valence-electron chi connectivity index (χ0n) is 19.0. The van der Waals surface area contributed by atoms with Crippen LogP contribution in [0.5, 0.6) is 28.7 Å². The van der Waals surface area contributed by atoms with Crippen molar-refractivity contribution >= 4 is 54.1 Å². The van der Waals surface area contributed by atoms with Gasteiger partial charge in [0, 0.05) is 17.5 Å². The summed E-state index contributed by atoms with van der Waals surface area (Å²) in [6.45, 7) is 0.273. The molecule has 3 aromatic rings. The molecule has 0 aliphatic heterocycles. The summed E-state index contributed by atoms with van der Waals surface area (Å²) in [5, 5.41) is 0. The van der Waals surface area contributed by atoms with Crippen molar-refractivity contribution in [3.63, 3.8) is 0 Å². The summed E-state index contributed by atoms with van der Waals surface area (Å²) in [6.07, 6.45) is 1.31. The normalized spacial score (nSPS) is 10.6. The highest BCUT2D eigenvalue weighted by Gasteiger charge is 2.23. The van der Waals surface area contributed by atoms with Crippen LogP contribution in [-0.2, 0) is 13.0 Å². The first-order chi connectivity index (χ1) is 16.4. The number of ether oxygens (including phenoxy) is 5. The molecule has 34 heavy (non-hydrogen) atoms. The Balaban J connectivity index is 2.07. The molecule has 3 rings (SSSR count). The van der Waals surface area contributed by atoms with Gasteiger partial charge in [0.2, 0.25) is 0 Å². The first-order valence-electron chi connectivity index (χ1n) is 10.1. The van der Waals surface area contributed by atoms with Gasteiger partial charge in [-0.3, -0.25) is 4.79 Å². The highest BCUT2D eigenvalue weighted by atomic mass is 79.9. The monoisotopic (exact) mass is 656 g/mol. The SMILES string of the molecule is COc1cc(COc2ccc(C=O)cc2)c(Cc2cc(Br)c(OC)c(Br)c2OC)c(Br)c1OC. The van der Waals surface area contributed by atoms with Gasteiger partial charge in [-0.1, -0.05) is 0 Å². The van der Waals surface area contributed by atoms with Crippen molar-refractivity contribution in [3.8, 4) is 28.7 Å². The Hall–Kier alpha value is -2.23. The van der Waals surface area contributed by atoms with Crippen molar-refractivity contribution in [1.29, 1.82) is 0 Å². The molecule has 0 fully saturated rings. The van der Waals surface area contributed by atoms with E-state index in [9.17, 15) is 4.79 Å². The van der Waals surface area contributed by atoms with E-state index in [0.29, 0.717) is 45.2 Å². The summed E-state index contributed by atoms with van der Waals surface area (Å²) in [5.74, 6) is 3.13. The maximum atomic E-state index is 10.9. The zero-order chi connectivity index (χ0) is 24.8. The molecule has 0 heterocycles. The van der Waals surface area contributed by atoms with Crippen LogP contribution in [0.15, 0.2) is 49.8 Å². The number of carbonyl (C=O) groups excluding carboxylic acids is 1. The molecule has 0 saturated carbocycles. The highest BCUT2D eigenvalue weighted by molar-refractivity contribution is 9.11. The maximum Gasteiger partial charge on any atom is 0.175 e. The third-order valence-electron chi connectivity index (χ3n) is 5.20. The van der Waals surface area contributed by atoms with Crippen molar-refractivity contribution in [1.82, 2.24) is 0 Å². The fourth-order valence-corrected chi connectivity index (χ4v) is 5.97. The van der Waals surface area contributed by atoms with E-state index >= 15 is 0 Å². The predicted molar refractivity (Wildman–Crippen MR) is 141 cm³/mol. The fourth-order valence-electron chi connectivity index (χ4n) is 3.53. The standard InChI is InChI=1S/C25H23Br3O6/c1-30-20-11-16(13-34-17-7-5-14(12-29)6-8-17)18(21(27)25(20)33-4)9-15-10-19(26)24(32-3)22(28)23(15)31-2/h5-8,10-12H,9,13H2,1-4H3. The van der Waals surface area contributed by atoms with E-state index in [0.717, 1.165) is 31.9 Å². The van der Waals surface area contributed by atoms with Crippen molar-refractivity contribution in [3.05, 3.63) is 72.1 Å². The minimum atomic E-state index is 0.273. The zero-order valence-corrected chi connectivity index (χ0v) is 23.8. The summed E-state index contributed by atoms with van der Waals surface area (Å²) in [6, 6.07) is 10.8. The molecule has 0 amide bonds. The van der Waals surface area contributed by atoms with Crippen LogP contribution in [-0.4, -0.2) is 34.7 Å². The van der Waals surface area contributed by atoms with Gasteiger partial charge in [-0.05, 0) is 95.3 Å². The van der Waals surface area contributed by atoms with Gasteiger partial charge in [-0.2, -0.15) is 0 Å². The van der Waals surface area contributed by atoms with Crippen molar-refractivity contribution in [2.24, 2.45) is 0 Å². The molecule has 0 radical (unpaired) electrons. The van der Waals surface area contributed by atoms with Crippen LogP contribution in [0.2, 0.25) is 0 Å². The van der Waals surface area contributed by atoms with Gasteiger partial charge < -0.3 is 23.7 Å². The van der Waals surface area contributed by atoms with E-state index < -0.39 is 0 Å². The number of hydrogen-bond donors (Lipinski definition) is 0. The van der Waals surface area contributed by atoms with Gasteiger partial charge >= 0.3 is 0 Å². The lowest BCUT2D eigenvalue weighted by molar-refractivity contribution is 0.112. The Morgan fingerprint density at radius 2 is 1.41 bits per heavy atom. The third-order valence-corrected chi connectivity index (χ3v) is 7.35. The summed E-state index contributed by atoms with van der Waals surface area (Å²) >= 11 is 10.9. The van der Waals surface area contributed by atoms with E-state index in [2.05, 4.69) is 47.8 Å². The molecule has 0 unspecified atom stereocenters. The molecule has 0 N–H and O–H groups in total. The molecule has 0 aliphatic carbocycles. The van der Waals surface area contributed by atoms with Gasteiger partial charge in [-0.15, -0.1) is 0 Å². The Labute approximate surface area is 223 Å². The predicted octanol–water partition coefficient (Wildman–Crippen LogP) is 6.99. The van der Waals surface area contributed by atoms with Gasteiger partial charge in [0.1, 0.15) is 28.9 Å². The van der Waals surface area contributed by atoms with Gasteiger partial charge in [-0.25, -0.2) is 0 Å². The molecule has 0 atom stereocenters. The number of halogens is 3. The summed E-state index contributed by atoms with van der Waals surface area (Å²) in [4.78, 5) is 10.9. The van der Waals surface area contributed by atoms with Crippen molar-refractivity contribution < 1.29 is 28.5 Å². The molecular formula is C25H23Br3O6. The van der Waals surface area contributed by atoms with Gasteiger partial charge in [0.25, 0.3) is 0 Å². The second-order valence-electron chi connectivity index (χ2n) is 7.11. The minimum absolute atomic E-state index is 0.273. The Morgan fingerprint density at radius 1 is 0.765 bits per heavy atom. The molecule has 0 aromatic heterocycles. The molecule has 0 aliphatic rings. The van der Waals surface area contributed by atoms with Crippen LogP contribution >= 0.6 is 47.8 Å². The number of methoxy groups -OCH3 is 4. The van der Waals surface area contributed by atoms with E-state index in [1.54, 1.807) is 52.7 Å². The summed E-state index contributed by atoms with van der Waals surface area (Å²) in [7, 11) is 6.41. The van der Waals surface area contributed by atoms with Crippen LogP contribution < -0.4 is 23.7 Å². The summed E-state index contributed by atoms with van der Waals surface area (Å²) in [5.41, 5.74) is 3.36. The molecule has 0 bridgehead atoms. The second kappa shape index (κ2) is 12.0. The molecule has 9 heteroatoms. The number of rotatable bonds is 10. The van der Waals surface area contributed by atoms with Crippen LogP contribution in [0.25, 0.3) is 0 Å². The summed E-state index contributed by atoms with van der Waals surface area (Å²) < 4.78 is 30.6. The first kappa shape index (κ1) is 26.4. The van der Waals surface area contributed by atoms with Gasteiger partial charge in [0.05, 0.1) is 37.4 Å². The largest absolute Gasteiger partial charge is 0.495 e. The van der Waals surface area contributed by atoms with Crippen molar-refractivity contribution in [2.45, 2.75) is 13.0 Å². The molecule has 180 valence electrons. The second-order valence-corrected chi connectivity index (χ2v) is 9.55. The Morgan fingerprint density at radius 3 is 1.97 bits per heavy atom. The third kappa shape index (κ3) is 5.53. The number of hydrogen-bond acceptors (Lipinski definition) is 6. The lowest BCUT2D eigenvalue weighted by Crippen LogP contribution is -2.06. The number of benzene rings is 3. The van der Waals surface area contributed by atoms with Crippen LogP contribution in [0, 0.1) is 0 Å². The molecule has 0 spiro atoms. The lowest BCUT2D eigenvalue weighted by Gasteiger charge is -2.20. The smallest absolute Gasteiger partial charge is 0.175 e. The van der Waals surface area contributed by atoms with Crippen molar-refractivity contribution in [2.75, 3.05) is 28.4 Å². The molecule has 3 aromatic carbocycles. The lowest BCUT2D eigenvalue weighted by atomic mass is 9.98. The first-order valence-corrected chi connectivity index (χ1v) is 12.4. The maximum absolute atomic E-state index is 10.9. The topological polar surface area (TPSA) is 63.2 Å². The fraction of sp³-hybridized carbons (Fsp3) is 0.240. The van der Waals surface area contributed by atoms with Crippen LogP contribution in [0.1, 0.15) is 27.0 Å².